The van der Waals surface area contributed by atoms with Crippen molar-refractivity contribution in [3.8, 4) is 5.82 Å². The molecule has 0 amide bonds. The van der Waals surface area contributed by atoms with E-state index in [4.69, 9.17) is 5.73 Å². The van der Waals surface area contributed by atoms with Gasteiger partial charge in [-0.15, -0.1) is 12.4 Å². The summed E-state index contributed by atoms with van der Waals surface area (Å²) in [6.45, 7) is 8.34. The maximum absolute atomic E-state index is 6.32. The van der Waals surface area contributed by atoms with E-state index >= 15 is 0 Å². The lowest BCUT2D eigenvalue weighted by Gasteiger charge is -2.31. The molecule has 2 aromatic rings. The molecule has 3 heterocycles. The van der Waals surface area contributed by atoms with Crippen LogP contribution >= 0.6 is 12.4 Å². The number of anilines is 1. The SMILES string of the molecule is CCC(C)N1CCc2nn(-c3cc(C)ncn3)c(N)c2C1.Cl. The number of aromatic nitrogens is 4. The highest BCUT2D eigenvalue weighted by Crippen LogP contribution is 2.27. The Hall–Kier alpha value is -1.66. The van der Waals surface area contributed by atoms with Gasteiger partial charge in [-0.25, -0.2) is 9.97 Å². The van der Waals surface area contributed by atoms with Crippen LogP contribution in [0, 0.1) is 6.92 Å². The van der Waals surface area contributed by atoms with Crippen molar-refractivity contribution in [3.63, 3.8) is 0 Å². The van der Waals surface area contributed by atoms with Crippen LogP contribution in [0.5, 0.6) is 0 Å². The van der Waals surface area contributed by atoms with Gasteiger partial charge in [-0.05, 0) is 20.3 Å². The zero-order valence-corrected chi connectivity index (χ0v) is 14.1. The van der Waals surface area contributed by atoms with Gasteiger partial charge in [0.1, 0.15) is 12.1 Å². The molecule has 120 valence electrons. The third-order valence-corrected chi connectivity index (χ3v) is 4.32. The maximum Gasteiger partial charge on any atom is 0.159 e. The predicted octanol–water partition coefficient (Wildman–Crippen LogP) is 2.13. The third kappa shape index (κ3) is 2.94. The van der Waals surface area contributed by atoms with E-state index in [1.54, 1.807) is 11.0 Å². The molecule has 1 unspecified atom stereocenters. The molecule has 0 aromatic carbocycles. The van der Waals surface area contributed by atoms with E-state index < -0.39 is 0 Å². The highest BCUT2D eigenvalue weighted by Gasteiger charge is 2.26. The van der Waals surface area contributed by atoms with Gasteiger partial charge in [0, 0.05) is 42.9 Å². The zero-order valence-electron chi connectivity index (χ0n) is 13.3. The van der Waals surface area contributed by atoms with Gasteiger partial charge in [-0.1, -0.05) is 6.92 Å². The van der Waals surface area contributed by atoms with Gasteiger partial charge in [0.15, 0.2) is 5.82 Å². The first-order chi connectivity index (χ1) is 10.1. The summed E-state index contributed by atoms with van der Waals surface area (Å²) >= 11 is 0. The summed E-state index contributed by atoms with van der Waals surface area (Å²) in [5, 5.41) is 4.66. The van der Waals surface area contributed by atoms with Gasteiger partial charge in [-0.3, -0.25) is 4.90 Å². The number of nitrogen functional groups attached to an aromatic ring is 1. The minimum atomic E-state index is 0. The van der Waals surface area contributed by atoms with Crippen LogP contribution in [0.1, 0.15) is 37.2 Å². The van der Waals surface area contributed by atoms with Crippen LogP contribution < -0.4 is 5.73 Å². The molecular weight excluding hydrogens is 300 g/mol. The Kier molecular flexibility index (Phi) is 5.03. The second-order valence-electron chi connectivity index (χ2n) is 5.72. The Morgan fingerprint density at radius 1 is 1.36 bits per heavy atom. The molecule has 3 rings (SSSR count). The summed E-state index contributed by atoms with van der Waals surface area (Å²) in [7, 11) is 0. The Morgan fingerprint density at radius 3 is 2.82 bits per heavy atom. The molecule has 1 aliphatic heterocycles. The summed E-state index contributed by atoms with van der Waals surface area (Å²) in [4.78, 5) is 10.9. The summed E-state index contributed by atoms with van der Waals surface area (Å²) < 4.78 is 1.75. The topological polar surface area (TPSA) is 72.9 Å². The average Bonchev–Trinajstić information content (AvgIpc) is 2.83. The highest BCUT2D eigenvalue weighted by atomic mass is 35.5. The van der Waals surface area contributed by atoms with Crippen molar-refractivity contribution >= 4 is 18.2 Å². The fourth-order valence-electron chi connectivity index (χ4n) is 2.78. The third-order valence-electron chi connectivity index (χ3n) is 4.32. The van der Waals surface area contributed by atoms with Crippen molar-refractivity contribution in [1.82, 2.24) is 24.6 Å². The molecule has 2 N–H and O–H groups in total. The number of nitrogens with two attached hydrogens (primary N) is 1. The van der Waals surface area contributed by atoms with Crippen molar-refractivity contribution in [2.24, 2.45) is 0 Å². The molecule has 1 atom stereocenters. The highest BCUT2D eigenvalue weighted by molar-refractivity contribution is 5.85. The van der Waals surface area contributed by atoms with Crippen molar-refractivity contribution in [2.45, 2.75) is 46.2 Å². The second kappa shape index (κ2) is 6.62. The van der Waals surface area contributed by atoms with E-state index in [2.05, 4.69) is 33.8 Å². The minimum Gasteiger partial charge on any atom is -0.383 e. The molecule has 0 fully saturated rings. The van der Waals surface area contributed by atoms with E-state index in [1.165, 1.54) is 0 Å². The fourth-order valence-corrected chi connectivity index (χ4v) is 2.78. The Labute approximate surface area is 137 Å². The Balaban J connectivity index is 0.00000176. The summed E-state index contributed by atoms with van der Waals surface area (Å²) in [5.41, 5.74) is 9.49. The maximum atomic E-state index is 6.32. The molecule has 22 heavy (non-hydrogen) atoms. The van der Waals surface area contributed by atoms with Crippen LogP contribution in [0.3, 0.4) is 0 Å². The molecule has 0 saturated carbocycles. The van der Waals surface area contributed by atoms with Gasteiger partial charge in [0.05, 0.1) is 5.69 Å². The summed E-state index contributed by atoms with van der Waals surface area (Å²) in [5.74, 6) is 1.44. The van der Waals surface area contributed by atoms with Gasteiger partial charge >= 0.3 is 0 Å². The number of hydrogen-bond donors (Lipinski definition) is 1. The molecule has 6 nitrogen and oxygen atoms in total. The lowest BCUT2D eigenvalue weighted by atomic mass is 10.0. The van der Waals surface area contributed by atoms with Gasteiger partial charge in [-0.2, -0.15) is 9.78 Å². The Bertz CT molecular complexity index is 653. The monoisotopic (exact) mass is 322 g/mol. The van der Waals surface area contributed by atoms with Crippen LogP contribution in [-0.4, -0.2) is 37.2 Å². The fraction of sp³-hybridized carbons (Fsp3) is 0.533. The molecule has 0 radical (unpaired) electrons. The lowest BCUT2D eigenvalue weighted by Crippen LogP contribution is -2.37. The number of rotatable bonds is 3. The molecular formula is C15H23ClN6. The van der Waals surface area contributed by atoms with Crippen molar-refractivity contribution in [1.29, 1.82) is 0 Å². The number of fused-ring (bicyclic) bond motifs is 1. The summed E-state index contributed by atoms with van der Waals surface area (Å²) in [6, 6.07) is 2.48. The smallest absolute Gasteiger partial charge is 0.159 e. The second-order valence-corrected chi connectivity index (χ2v) is 5.72. The van der Waals surface area contributed by atoms with Crippen molar-refractivity contribution in [2.75, 3.05) is 12.3 Å². The van der Waals surface area contributed by atoms with Crippen LogP contribution in [0.25, 0.3) is 5.82 Å². The minimum absolute atomic E-state index is 0. The van der Waals surface area contributed by atoms with E-state index in [9.17, 15) is 0 Å². The van der Waals surface area contributed by atoms with Crippen molar-refractivity contribution in [3.05, 3.63) is 29.3 Å². The normalized spacial score (nSPS) is 16.0. The molecule has 1 aliphatic rings. The number of aryl methyl sites for hydroxylation is 1. The quantitative estimate of drug-likeness (QED) is 0.937. The summed E-state index contributed by atoms with van der Waals surface area (Å²) in [6.07, 6.45) is 3.64. The van der Waals surface area contributed by atoms with Crippen LogP contribution in [0.4, 0.5) is 5.82 Å². The van der Waals surface area contributed by atoms with Crippen LogP contribution in [-0.2, 0) is 13.0 Å². The van der Waals surface area contributed by atoms with Gasteiger partial charge in [0.25, 0.3) is 0 Å². The number of halogens is 1. The van der Waals surface area contributed by atoms with E-state index in [0.29, 0.717) is 11.9 Å². The predicted molar refractivity (Wildman–Crippen MR) is 89.4 cm³/mol. The first kappa shape index (κ1) is 16.7. The molecule has 0 bridgehead atoms. The van der Waals surface area contributed by atoms with E-state index in [0.717, 1.165) is 48.7 Å². The molecule has 0 aliphatic carbocycles. The molecule has 2 aromatic heterocycles. The molecule has 0 saturated heterocycles. The average molecular weight is 323 g/mol. The zero-order chi connectivity index (χ0) is 15.0. The largest absolute Gasteiger partial charge is 0.383 e. The lowest BCUT2D eigenvalue weighted by molar-refractivity contribution is 0.186. The van der Waals surface area contributed by atoms with Crippen molar-refractivity contribution < 1.29 is 0 Å². The van der Waals surface area contributed by atoms with Gasteiger partial charge < -0.3 is 5.73 Å². The molecule has 0 spiro atoms. The van der Waals surface area contributed by atoms with E-state index in [-0.39, 0.29) is 12.4 Å². The first-order valence-electron chi connectivity index (χ1n) is 7.49. The number of nitrogens with zero attached hydrogens (tertiary/aromatic N) is 5. The standard InChI is InChI=1S/C15H22N6.ClH/c1-4-11(3)20-6-5-13-12(8-20)15(16)21(19-13)14-7-10(2)17-9-18-14;/h7,9,11H,4-6,8,16H2,1-3H3;1H. The van der Waals surface area contributed by atoms with E-state index in [1.807, 2.05) is 13.0 Å². The molecule has 7 heteroatoms. The first-order valence-corrected chi connectivity index (χ1v) is 7.49. The van der Waals surface area contributed by atoms with Gasteiger partial charge in [0.2, 0.25) is 0 Å². The van der Waals surface area contributed by atoms with Crippen LogP contribution in [0.2, 0.25) is 0 Å². The Morgan fingerprint density at radius 2 is 2.14 bits per heavy atom. The number of hydrogen-bond acceptors (Lipinski definition) is 5. The van der Waals surface area contributed by atoms with Crippen LogP contribution in [0.15, 0.2) is 12.4 Å².